The number of hydrogen-bond acceptors (Lipinski definition) is 3. The fourth-order valence-corrected chi connectivity index (χ4v) is 2.00. The van der Waals surface area contributed by atoms with Crippen molar-refractivity contribution in [3.63, 3.8) is 0 Å². The molecule has 0 aromatic heterocycles. The van der Waals surface area contributed by atoms with Crippen molar-refractivity contribution < 1.29 is 5.11 Å². The van der Waals surface area contributed by atoms with Gasteiger partial charge in [0, 0.05) is 24.2 Å². The SMILES string of the molecule is CNC(C)C1CNc2ccc(O)cc21. The first-order valence-electron chi connectivity index (χ1n) is 4.96. The summed E-state index contributed by atoms with van der Waals surface area (Å²) in [6, 6.07) is 5.93. The van der Waals surface area contributed by atoms with Gasteiger partial charge in [-0.1, -0.05) is 0 Å². The van der Waals surface area contributed by atoms with Gasteiger partial charge >= 0.3 is 0 Å². The number of anilines is 1. The van der Waals surface area contributed by atoms with Crippen molar-refractivity contribution in [2.75, 3.05) is 18.9 Å². The molecular weight excluding hydrogens is 176 g/mol. The Bertz CT molecular complexity index is 338. The summed E-state index contributed by atoms with van der Waals surface area (Å²) in [6.07, 6.45) is 0. The van der Waals surface area contributed by atoms with E-state index in [1.54, 1.807) is 6.07 Å². The number of hydrogen-bond donors (Lipinski definition) is 3. The number of rotatable bonds is 2. The van der Waals surface area contributed by atoms with Gasteiger partial charge in [0.2, 0.25) is 0 Å². The van der Waals surface area contributed by atoms with Crippen LogP contribution in [-0.2, 0) is 0 Å². The van der Waals surface area contributed by atoms with Crippen LogP contribution in [0.5, 0.6) is 5.75 Å². The molecule has 0 amide bonds. The molecule has 1 heterocycles. The molecule has 2 rings (SSSR count). The number of likely N-dealkylation sites (N-methyl/N-ethyl adjacent to an activating group) is 1. The lowest BCUT2D eigenvalue weighted by atomic mass is 9.94. The molecule has 2 atom stereocenters. The van der Waals surface area contributed by atoms with Gasteiger partial charge in [-0.2, -0.15) is 0 Å². The summed E-state index contributed by atoms with van der Waals surface area (Å²) < 4.78 is 0. The summed E-state index contributed by atoms with van der Waals surface area (Å²) >= 11 is 0. The second-order valence-electron chi connectivity index (χ2n) is 3.84. The van der Waals surface area contributed by atoms with Gasteiger partial charge in [-0.05, 0) is 37.7 Å². The van der Waals surface area contributed by atoms with Crippen molar-refractivity contribution in [2.24, 2.45) is 0 Å². The van der Waals surface area contributed by atoms with E-state index < -0.39 is 0 Å². The number of phenolic OH excluding ortho intramolecular Hbond substituents is 1. The molecule has 1 aliphatic heterocycles. The Morgan fingerprint density at radius 3 is 3.07 bits per heavy atom. The lowest BCUT2D eigenvalue weighted by Crippen LogP contribution is -2.29. The van der Waals surface area contributed by atoms with Gasteiger partial charge in [0.1, 0.15) is 5.75 Å². The Kier molecular flexibility index (Phi) is 2.33. The minimum atomic E-state index is 0.348. The van der Waals surface area contributed by atoms with Crippen LogP contribution in [0.4, 0.5) is 5.69 Å². The summed E-state index contributed by atoms with van der Waals surface area (Å²) in [4.78, 5) is 0. The Balaban J connectivity index is 2.33. The lowest BCUT2D eigenvalue weighted by molar-refractivity contribution is 0.471. The molecule has 2 unspecified atom stereocenters. The van der Waals surface area contributed by atoms with E-state index in [0.717, 1.165) is 12.2 Å². The molecule has 0 saturated heterocycles. The normalized spacial score (nSPS) is 21.4. The predicted octanol–water partition coefficient (Wildman–Crippen LogP) is 1.51. The standard InChI is InChI=1S/C11H16N2O/c1-7(12-2)10-6-13-11-4-3-8(14)5-9(10)11/h3-5,7,10,12-14H,6H2,1-2H3. The first-order valence-corrected chi connectivity index (χ1v) is 4.96. The molecule has 0 radical (unpaired) electrons. The third-order valence-corrected chi connectivity index (χ3v) is 3.01. The fourth-order valence-electron chi connectivity index (χ4n) is 2.00. The van der Waals surface area contributed by atoms with Crippen molar-refractivity contribution in [1.29, 1.82) is 0 Å². The molecule has 0 aliphatic carbocycles. The average Bonchev–Trinajstić information content (AvgIpc) is 2.59. The maximum atomic E-state index is 9.42. The van der Waals surface area contributed by atoms with Crippen LogP contribution in [0.25, 0.3) is 0 Å². The zero-order valence-corrected chi connectivity index (χ0v) is 8.54. The van der Waals surface area contributed by atoms with E-state index >= 15 is 0 Å². The maximum Gasteiger partial charge on any atom is 0.116 e. The van der Waals surface area contributed by atoms with Gasteiger partial charge in [0.25, 0.3) is 0 Å². The molecule has 0 spiro atoms. The number of aromatic hydroxyl groups is 1. The molecule has 1 aliphatic rings. The van der Waals surface area contributed by atoms with Crippen LogP contribution < -0.4 is 10.6 Å². The van der Waals surface area contributed by atoms with Crippen LogP contribution in [-0.4, -0.2) is 24.7 Å². The number of nitrogens with one attached hydrogen (secondary N) is 2. The molecule has 0 bridgehead atoms. The average molecular weight is 192 g/mol. The molecule has 14 heavy (non-hydrogen) atoms. The van der Waals surface area contributed by atoms with E-state index in [-0.39, 0.29) is 0 Å². The monoisotopic (exact) mass is 192 g/mol. The second kappa shape index (κ2) is 3.50. The summed E-state index contributed by atoms with van der Waals surface area (Å²) in [6.45, 7) is 3.10. The van der Waals surface area contributed by atoms with Crippen LogP contribution in [0.15, 0.2) is 18.2 Å². The summed E-state index contributed by atoms with van der Waals surface area (Å²) in [5.74, 6) is 0.794. The lowest BCUT2D eigenvalue weighted by Gasteiger charge is -2.18. The highest BCUT2D eigenvalue weighted by Gasteiger charge is 2.26. The van der Waals surface area contributed by atoms with E-state index in [4.69, 9.17) is 0 Å². The highest BCUT2D eigenvalue weighted by molar-refractivity contribution is 5.60. The minimum absolute atomic E-state index is 0.348. The third kappa shape index (κ3) is 1.44. The Morgan fingerprint density at radius 2 is 2.36 bits per heavy atom. The highest BCUT2D eigenvalue weighted by atomic mass is 16.3. The molecule has 3 heteroatoms. The second-order valence-corrected chi connectivity index (χ2v) is 3.84. The number of phenols is 1. The molecule has 1 aromatic carbocycles. The van der Waals surface area contributed by atoms with Crippen molar-refractivity contribution in [3.8, 4) is 5.75 Å². The first-order chi connectivity index (χ1) is 6.72. The maximum absolute atomic E-state index is 9.42. The van der Waals surface area contributed by atoms with E-state index in [9.17, 15) is 5.11 Å². The van der Waals surface area contributed by atoms with E-state index in [0.29, 0.717) is 17.7 Å². The zero-order chi connectivity index (χ0) is 10.1. The Hall–Kier alpha value is -1.22. The van der Waals surface area contributed by atoms with Gasteiger partial charge < -0.3 is 15.7 Å². The third-order valence-electron chi connectivity index (χ3n) is 3.01. The van der Waals surface area contributed by atoms with E-state index in [2.05, 4.69) is 17.6 Å². The summed E-state index contributed by atoms with van der Waals surface area (Å²) in [5.41, 5.74) is 2.36. The van der Waals surface area contributed by atoms with Gasteiger partial charge in [-0.15, -0.1) is 0 Å². The van der Waals surface area contributed by atoms with Crippen LogP contribution in [0, 0.1) is 0 Å². The zero-order valence-electron chi connectivity index (χ0n) is 8.54. The van der Waals surface area contributed by atoms with Crippen LogP contribution >= 0.6 is 0 Å². The minimum Gasteiger partial charge on any atom is -0.508 e. The largest absolute Gasteiger partial charge is 0.508 e. The molecule has 76 valence electrons. The molecule has 1 aromatic rings. The molecule has 0 saturated carbocycles. The van der Waals surface area contributed by atoms with Crippen LogP contribution in [0.3, 0.4) is 0 Å². The van der Waals surface area contributed by atoms with Gasteiger partial charge in [0.05, 0.1) is 0 Å². The fraction of sp³-hybridized carbons (Fsp3) is 0.455. The van der Waals surface area contributed by atoms with E-state index in [1.807, 2.05) is 19.2 Å². The number of fused-ring (bicyclic) bond motifs is 1. The summed E-state index contributed by atoms with van der Waals surface area (Å²) in [7, 11) is 1.96. The van der Waals surface area contributed by atoms with Gasteiger partial charge in [0.15, 0.2) is 0 Å². The van der Waals surface area contributed by atoms with Crippen molar-refractivity contribution in [2.45, 2.75) is 18.9 Å². The Labute approximate surface area is 84.1 Å². The van der Waals surface area contributed by atoms with E-state index in [1.165, 1.54) is 5.56 Å². The highest BCUT2D eigenvalue weighted by Crippen LogP contribution is 2.35. The van der Waals surface area contributed by atoms with Crippen molar-refractivity contribution in [1.82, 2.24) is 5.32 Å². The van der Waals surface area contributed by atoms with Crippen molar-refractivity contribution in [3.05, 3.63) is 23.8 Å². The van der Waals surface area contributed by atoms with Crippen LogP contribution in [0.1, 0.15) is 18.4 Å². The van der Waals surface area contributed by atoms with Gasteiger partial charge in [-0.3, -0.25) is 0 Å². The molecule has 0 fully saturated rings. The first kappa shape index (κ1) is 9.34. The topological polar surface area (TPSA) is 44.3 Å². The number of benzene rings is 1. The molecular formula is C11H16N2O. The molecule has 3 N–H and O–H groups in total. The smallest absolute Gasteiger partial charge is 0.116 e. The van der Waals surface area contributed by atoms with Crippen LogP contribution in [0.2, 0.25) is 0 Å². The summed E-state index contributed by atoms with van der Waals surface area (Å²) in [5, 5.41) is 16.0. The quantitative estimate of drug-likeness (QED) is 0.622. The Morgan fingerprint density at radius 1 is 1.57 bits per heavy atom. The van der Waals surface area contributed by atoms with Gasteiger partial charge in [-0.25, -0.2) is 0 Å². The molecule has 3 nitrogen and oxygen atoms in total. The van der Waals surface area contributed by atoms with Crippen molar-refractivity contribution >= 4 is 5.69 Å². The predicted molar refractivity (Wildman–Crippen MR) is 57.9 cm³/mol.